The van der Waals surface area contributed by atoms with Gasteiger partial charge in [-0.3, -0.25) is 9.10 Å². The monoisotopic (exact) mass is 354 g/mol. The summed E-state index contributed by atoms with van der Waals surface area (Å²) in [6.45, 7) is 3.53. The molecule has 1 heterocycles. The van der Waals surface area contributed by atoms with Crippen LogP contribution < -0.4 is 9.04 Å². The van der Waals surface area contributed by atoms with E-state index in [1.165, 1.54) is 17.8 Å². The molecule has 1 aliphatic heterocycles. The Kier molecular flexibility index (Phi) is 6.10. The number of piperidine rings is 1. The fourth-order valence-corrected chi connectivity index (χ4v) is 3.22. The van der Waals surface area contributed by atoms with Gasteiger partial charge < -0.3 is 9.64 Å². The van der Waals surface area contributed by atoms with Crippen molar-refractivity contribution >= 4 is 21.6 Å². The second kappa shape index (κ2) is 7.88. The first kappa shape index (κ1) is 18.6. The number of amides is 1. The zero-order valence-electron chi connectivity index (χ0n) is 14.6. The number of benzene rings is 1. The summed E-state index contributed by atoms with van der Waals surface area (Å²) in [7, 11) is -1.79. The van der Waals surface area contributed by atoms with E-state index in [2.05, 4.69) is 0 Å². The van der Waals surface area contributed by atoms with Gasteiger partial charge in [-0.2, -0.15) is 0 Å². The Bertz CT molecular complexity index is 652. The topological polar surface area (TPSA) is 66.9 Å². The van der Waals surface area contributed by atoms with Gasteiger partial charge in [-0.05, 0) is 49.9 Å². The highest BCUT2D eigenvalue weighted by molar-refractivity contribution is 7.92. The van der Waals surface area contributed by atoms with Crippen LogP contribution in [0.15, 0.2) is 24.3 Å². The zero-order valence-corrected chi connectivity index (χ0v) is 15.4. The number of carbonyl (C=O) groups is 1. The lowest BCUT2D eigenvalue weighted by molar-refractivity contribution is -0.139. The van der Waals surface area contributed by atoms with Gasteiger partial charge in [0.1, 0.15) is 5.75 Å². The Balaban J connectivity index is 2.04. The predicted octanol–water partition coefficient (Wildman–Crippen LogP) is 2.25. The number of carbonyl (C=O) groups excluding carboxylic acids is 1. The van der Waals surface area contributed by atoms with Crippen molar-refractivity contribution in [3.05, 3.63) is 24.3 Å². The smallest absolute Gasteiger partial charge is 0.263 e. The molecular weight excluding hydrogens is 328 g/mol. The van der Waals surface area contributed by atoms with E-state index in [1.807, 2.05) is 11.8 Å². The van der Waals surface area contributed by atoms with Crippen LogP contribution in [0.25, 0.3) is 0 Å². The van der Waals surface area contributed by atoms with Crippen LogP contribution in [0.1, 0.15) is 32.6 Å². The fraction of sp³-hybridized carbons (Fsp3) is 0.588. The number of ether oxygens (including phenoxy) is 1. The summed E-state index contributed by atoms with van der Waals surface area (Å²) < 4.78 is 30.1. The summed E-state index contributed by atoms with van der Waals surface area (Å²) in [5, 5.41) is 0. The molecular formula is C17H26N2O4S. The van der Waals surface area contributed by atoms with E-state index >= 15 is 0 Å². The number of likely N-dealkylation sites (tertiary alicyclic amines) is 1. The van der Waals surface area contributed by atoms with Crippen molar-refractivity contribution < 1.29 is 17.9 Å². The Labute approximate surface area is 144 Å². The molecule has 1 aromatic rings. The molecule has 1 aliphatic rings. The van der Waals surface area contributed by atoms with Gasteiger partial charge in [-0.1, -0.05) is 6.92 Å². The summed E-state index contributed by atoms with van der Waals surface area (Å²) in [4.78, 5) is 14.4. The molecule has 0 spiro atoms. The molecule has 0 bridgehead atoms. The molecule has 0 radical (unpaired) electrons. The quantitative estimate of drug-likeness (QED) is 0.786. The molecule has 2 rings (SSSR count). The van der Waals surface area contributed by atoms with Crippen LogP contribution in [-0.4, -0.2) is 51.7 Å². The van der Waals surface area contributed by atoms with E-state index in [9.17, 15) is 13.2 Å². The third kappa shape index (κ3) is 4.63. The summed E-state index contributed by atoms with van der Waals surface area (Å²) in [5.74, 6) is 0.604. The summed E-state index contributed by atoms with van der Waals surface area (Å²) in [5.41, 5.74) is 0.556. The predicted molar refractivity (Wildman–Crippen MR) is 94.8 cm³/mol. The van der Waals surface area contributed by atoms with Crippen LogP contribution in [0, 0.1) is 0 Å². The van der Waals surface area contributed by atoms with Gasteiger partial charge >= 0.3 is 0 Å². The Hall–Kier alpha value is -1.76. The lowest BCUT2D eigenvalue weighted by Crippen LogP contribution is -2.44. The van der Waals surface area contributed by atoms with E-state index in [1.54, 1.807) is 24.3 Å². The third-order valence-corrected chi connectivity index (χ3v) is 5.50. The lowest BCUT2D eigenvalue weighted by Gasteiger charge is -2.30. The van der Waals surface area contributed by atoms with Gasteiger partial charge in [-0.25, -0.2) is 8.42 Å². The van der Waals surface area contributed by atoms with E-state index in [0.29, 0.717) is 17.9 Å². The number of rotatable bonds is 6. The first-order valence-electron chi connectivity index (χ1n) is 8.32. The first-order valence-corrected chi connectivity index (χ1v) is 10.2. The minimum Gasteiger partial charge on any atom is -0.481 e. The summed E-state index contributed by atoms with van der Waals surface area (Å²) in [6, 6.07) is 6.75. The highest BCUT2D eigenvalue weighted by atomic mass is 32.2. The fourth-order valence-electron chi connectivity index (χ4n) is 2.72. The molecule has 6 nitrogen and oxygen atoms in total. The molecule has 0 N–H and O–H groups in total. The second-order valence-corrected chi connectivity index (χ2v) is 8.14. The molecule has 0 unspecified atom stereocenters. The van der Waals surface area contributed by atoms with Crippen molar-refractivity contribution in [2.75, 3.05) is 30.7 Å². The average Bonchev–Trinajstić information content (AvgIpc) is 2.59. The minimum absolute atomic E-state index is 0.0366. The Morgan fingerprint density at radius 1 is 1.21 bits per heavy atom. The van der Waals surface area contributed by atoms with Gasteiger partial charge in [0.05, 0.1) is 11.9 Å². The number of anilines is 1. The molecule has 1 amide bonds. The second-order valence-electron chi connectivity index (χ2n) is 6.13. The van der Waals surface area contributed by atoms with Gasteiger partial charge in [-0.15, -0.1) is 0 Å². The van der Waals surface area contributed by atoms with Crippen molar-refractivity contribution in [2.24, 2.45) is 0 Å². The Morgan fingerprint density at radius 2 is 1.79 bits per heavy atom. The standard InChI is InChI=1S/C17H26N2O4S/c1-4-16(17(20)19-12-6-5-7-13-19)23-15-10-8-14(9-11-15)18(2)24(3,21)22/h8-11,16H,4-7,12-13H2,1-3H3/t16-/m1/s1. The normalized spacial score (nSPS) is 16.5. The van der Waals surface area contributed by atoms with Gasteiger partial charge in [0.15, 0.2) is 6.10 Å². The molecule has 134 valence electrons. The van der Waals surface area contributed by atoms with Crippen molar-refractivity contribution in [3.63, 3.8) is 0 Å². The minimum atomic E-state index is -3.29. The van der Waals surface area contributed by atoms with Crippen LogP contribution in [0.5, 0.6) is 5.75 Å². The van der Waals surface area contributed by atoms with Crippen molar-refractivity contribution in [2.45, 2.75) is 38.7 Å². The van der Waals surface area contributed by atoms with Crippen molar-refractivity contribution in [1.29, 1.82) is 0 Å². The zero-order chi connectivity index (χ0) is 17.7. The van der Waals surface area contributed by atoms with Crippen LogP contribution in [0.3, 0.4) is 0 Å². The third-order valence-electron chi connectivity index (χ3n) is 4.29. The number of sulfonamides is 1. The molecule has 0 saturated carbocycles. The molecule has 1 fully saturated rings. The van der Waals surface area contributed by atoms with Crippen molar-refractivity contribution in [3.8, 4) is 5.75 Å². The highest BCUT2D eigenvalue weighted by Gasteiger charge is 2.25. The summed E-state index contributed by atoms with van der Waals surface area (Å²) >= 11 is 0. The number of nitrogens with zero attached hydrogens (tertiary/aromatic N) is 2. The molecule has 7 heteroatoms. The molecule has 0 aliphatic carbocycles. The summed E-state index contributed by atoms with van der Waals surface area (Å²) in [6.07, 6.45) is 4.53. The maximum Gasteiger partial charge on any atom is 0.263 e. The SMILES string of the molecule is CC[C@@H](Oc1ccc(N(C)S(C)(=O)=O)cc1)C(=O)N1CCCCC1. The van der Waals surface area contributed by atoms with Gasteiger partial charge in [0, 0.05) is 20.1 Å². The number of hydrogen-bond donors (Lipinski definition) is 0. The van der Waals surface area contributed by atoms with Crippen LogP contribution in [0.2, 0.25) is 0 Å². The van der Waals surface area contributed by atoms with E-state index in [-0.39, 0.29) is 5.91 Å². The van der Waals surface area contributed by atoms with Gasteiger partial charge in [0.2, 0.25) is 10.0 Å². The maximum atomic E-state index is 12.6. The van der Waals surface area contributed by atoms with E-state index in [0.717, 1.165) is 32.2 Å². The Morgan fingerprint density at radius 3 is 2.29 bits per heavy atom. The van der Waals surface area contributed by atoms with Crippen molar-refractivity contribution in [1.82, 2.24) is 4.90 Å². The van der Waals surface area contributed by atoms with Crippen LogP contribution >= 0.6 is 0 Å². The number of hydrogen-bond acceptors (Lipinski definition) is 4. The van der Waals surface area contributed by atoms with E-state index in [4.69, 9.17) is 4.74 Å². The largest absolute Gasteiger partial charge is 0.481 e. The first-order chi connectivity index (χ1) is 11.3. The van der Waals surface area contributed by atoms with Crippen LogP contribution in [-0.2, 0) is 14.8 Å². The molecule has 1 atom stereocenters. The molecule has 1 saturated heterocycles. The molecule has 0 aromatic heterocycles. The highest BCUT2D eigenvalue weighted by Crippen LogP contribution is 2.22. The lowest BCUT2D eigenvalue weighted by atomic mass is 10.1. The van der Waals surface area contributed by atoms with E-state index < -0.39 is 16.1 Å². The van der Waals surface area contributed by atoms with Crippen LogP contribution in [0.4, 0.5) is 5.69 Å². The molecule has 1 aromatic carbocycles. The van der Waals surface area contributed by atoms with Gasteiger partial charge in [0.25, 0.3) is 5.91 Å². The molecule has 24 heavy (non-hydrogen) atoms. The average molecular weight is 354 g/mol. The maximum absolute atomic E-state index is 12.6.